The van der Waals surface area contributed by atoms with Gasteiger partial charge in [0.2, 0.25) is 0 Å². The number of ether oxygens (including phenoxy) is 3. The summed E-state index contributed by atoms with van der Waals surface area (Å²) in [4.78, 5) is 14.9. The van der Waals surface area contributed by atoms with Crippen LogP contribution in [0, 0.1) is 12.3 Å². The van der Waals surface area contributed by atoms with Crippen molar-refractivity contribution < 1.29 is 23.0 Å². The molecule has 0 unspecified atom stereocenters. The van der Waals surface area contributed by atoms with Crippen molar-refractivity contribution in [2.45, 2.75) is 63.9 Å². The van der Waals surface area contributed by atoms with Crippen LogP contribution in [0.15, 0.2) is 24.4 Å². The molecule has 48 heavy (non-hydrogen) atoms. The van der Waals surface area contributed by atoms with Crippen LogP contribution in [0.1, 0.15) is 55.6 Å². The quantitative estimate of drug-likeness (QED) is 0.210. The number of hydrogen-bond acceptors (Lipinski definition) is 9. The first-order chi connectivity index (χ1) is 23.4. The molecule has 5 heterocycles. The molecule has 0 atom stereocenters. The highest BCUT2D eigenvalue weighted by molar-refractivity contribution is 6.06. The fourth-order valence-corrected chi connectivity index (χ4v) is 7.88. The molecule has 3 saturated heterocycles. The van der Waals surface area contributed by atoms with Crippen molar-refractivity contribution in [3.05, 3.63) is 35.5 Å². The Morgan fingerprint density at radius 2 is 1.79 bits per heavy atom. The second kappa shape index (κ2) is 13.0. The summed E-state index contributed by atoms with van der Waals surface area (Å²) >= 11 is 0. The minimum absolute atomic E-state index is 0.0441. The first-order valence-electron chi connectivity index (χ1n) is 17.5. The van der Waals surface area contributed by atoms with Crippen molar-refractivity contribution in [3.8, 4) is 22.9 Å². The van der Waals surface area contributed by atoms with Gasteiger partial charge in [0, 0.05) is 69.3 Å². The lowest BCUT2D eigenvalue weighted by Gasteiger charge is -2.48. The molecule has 8 rings (SSSR count). The fourth-order valence-electron chi connectivity index (χ4n) is 7.88. The van der Waals surface area contributed by atoms with E-state index in [4.69, 9.17) is 24.2 Å². The molecule has 2 aromatic heterocycles. The fraction of sp³-hybridized carbons (Fsp3) is 0.583. The van der Waals surface area contributed by atoms with Gasteiger partial charge in [0.15, 0.2) is 5.75 Å². The van der Waals surface area contributed by atoms with Gasteiger partial charge >= 0.3 is 6.01 Å². The highest BCUT2D eigenvalue weighted by Gasteiger charge is 2.41. The maximum absolute atomic E-state index is 14.0. The van der Waals surface area contributed by atoms with E-state index in [2.05, 4.69) is 38.3 Å². The molecule has 4 aromatic rings. The topological polar surface area (TPSA) is 101 Å². The number of piperidine rings is 2. The number of nitrogens with one attached hydrogen (secondary N) is 2. The number of aromatic nitrogens is 4. The van der Waals surface area contributed by atoms with E-state index in [0.717, 1.165) is 129 Å². The van der Waals surface area contributed by atoms with Crippen molar-refractivity contribution in [1.29, 1.82) is 0 Å². The summed E-state index contributed by atoms with van der Waals surface area (Å²) in [7, 11) is 1.73. The van der Waals surface area contributed by atoms with Crippen molar-refractivity contribution in [2.75, 3.05) is 71.0 Å². The zero-order chi connectivity index (χ0) is 32.8. The Bertz CT molecular complexity index is 1770. The number of likely N-dealkylation sites (tertiary alicyclic amines) is 1. The number of aryl methyl sites for hydroxylation is 1. The van der Waals surface area contributed by atoms with E-state index in [0.29, 0.717) is 29.2 Å². The number of rotatable bonds is 11. The van der Waals surface area contributed by atoms with E-state index < -0.39 is 13.0 Å². The smallest absolute Gasteiger partial charge is 0.319 e. The normalized spacial score (nSPS) is 20.2. The van der Waals surface area contributed by atoms with Crippen molar-refractivity contribution in [3.63, 3.8) is 0 Å². The Balaban J connectivity index is 1.28. The molecular weight excluding hydrogens is 616 g/mol. The molecular formula is C36H45F2N7O3. The molecule has 1 aliphatic carbocycles. The summed E-state index contributed by atoms with van der Waals surface area (Å²) < 4.78 is 46.0. The van der Waals surface area contributed by atoms with E-state index in [1.165, 1.54) is 0 Å². The molecule has 2 N–H and O–H groups in total. The average molecular weight is 662 g/mol. The number of hydrogen-bond donors (Lipinski definition) is 2. The minimum Gasteiger partial charge on any atom is -0.485 e. The van der Waals surface area contributed by atoms with Crippen LogP contribution in [0.25, 0.3) is 32.9 Å². The zero-order valence-electron chi connectivity index (χ0n) is 27.9. The van der Waals surface area contributed by atoms with Crippen molar-refractivity contribution >= 4 is 27.6 Å². The third kappa shape index (κ3) is 6.07. The lowest BCUT2D eigenvalue weighted by atomic mass is 9.73. The molecule has 3 aliphatic heterocycles. The zero-order valence-corrected chi connectivity index (χ0v) is 27.9. The van der Waals surface area contributed by atoms with E-state index in [1.54, 1.807) is 7.11 Å². The van der Waals surface area contributed by atoms with E-state index in [9.17, 15) is 8.78 Å². The predicted molar refractivity (Wildman–Crippen MR) is 182 cm³/mol. The molecule has 4 aliphatic rings. The van der Waals surface area contributed by atoms with Crippen LogP contribution in [0.5, 0.6) is 11.8 Å². The van der Waals surface area contributed by atoms with Gasteiger partial charge in [-0.25, -0.2) is 8.78 Å². The molecule has 12 heteroatoms. The Labute approximate surface area is 279 Å². The Kier molecular flexibility index (Phi) is 8.58. The van der Waals surface area contributed by atoms with Gasteiger partial charge in [0.25, 0.3) is 6.43 Å². The number of benzene rings is 2. The molecule has 0 bridgehead atoms. The Morgan fingerprint density at radius 3 is 2.48 bits per heavy atom. The monoisotopic (exact) mass is 661 g/mol. The third-order valence-corrected chi connectivity index (χ3v) is 10.9. The SMILES string of the molecule is COCCN1CCC(Oc2nc(N3CCC4(CC3)CNC4)c3cc(C4CC4)c(-c4c(C)ccc5[nH]ncc45)c(OCC(F)F)c3n2)CC1. The van der Waals surface area contributed by atoms with Crippen LogP contribution in [-0.2, 0) is 4.74 Å². The summed E-state index contributed by atoms with van der Waals surface area (Å²) in [6.45, 7) is 8.58. The predicted octanol–water partition coefficient (Wildman–Crippen LogP) is 5.68. The summed E-state index contributed by atoms with van der Waals surface area (Å²) in [5, 5.41) is 12.6. The number of methoxy groups -OCH3 is 1. The van der Waals surface area contributed by atoms with Crippen LogP contribution in [0.2, 0.25) is 0 Å². The maximum Gasteiger partial charge on any atom is 0.319 e. The van der Waals surface area contributed by atoms with Gasteiger partial charge < -0.3 is 29.3 Å². The number of fused-ring (bicyclic) bond motifs is 2. The number of nitrogens with zero attached hydrogens (tertiary/aromatic N) is 5. The molecule has 256 valence electrons. The number of aromatic amines is 1. The van der Waals surface area contributed by atoms with Crippen LogP contribution in [0.4, 0.5) is 14.6 Å². The lowest BCUT2D eigenvalue weighted by molar-refractivity contribution is 0.0745. The van der Waals surface area contributed by atoms with Crippen LogP contribution in [-0.4, -0.2) is 104 Å². The van der Waals surface area contributed by atoms with Gasteiger partial charge in [0.1, 0.15) is 24.0 Å². The second-order valence-electron chi connectivity index (χ2n) is 14.2. The van der Waals surface area contributed by atoms with Gasteiger partial charge in [0.05, 0.1) is 18.3 Å². The number of H-pyrrole nitrogens is 1. The summed E-state index contributed by atoms with van der Waals surface area (Å²) in [6, 6.07) is 6.56. The standard InChI is InChI=1S/C36H45F2N7O3/c1-22-3-6-28-27(18-40-43-28)30(22)31-25(23-4-5-23)17-26-32(33(31)47-19-29(37)38)41-35(48-24-7-11-44(12-8-24)15-16-46-2)42-34(26)45-13-9-36(10-14-45)20-39-21-36/h3,6,17-18,23-24,29,39H,4-5,7-16,19-21H2,1-2H3,(H,40,43). The van der Waals surface area contributed by atoms with Gasteiger partial charge in [-0.2, -0.15) is 15.1 Å². The van der Waals surface area contributed by atoms with Crippen LogP contribution in [0.3, 0.4) is 0 Å². The van der Waals surface area contributed by atoms with Crippen LogP contribution < -0.4 is 19.7 Å². The van der Waals surface area contributed by atoms with Gasteiger partial charge in [-0.05, 0) is 85.6 Å². The largest absolute Gasteiger partial charge is 0.485 e. The lowest BCUT2D eigenvalue weighted by Crippen LogP contribution is -2.58. The Morgan fingerprint density at radius 1 is 1.00 bits per heavy atom. The summed E-state index contributed by atoms with van der Waals surface area (Å²) in [5.41, 5.74) is 5.66. The average Bonchev–Trinajstić information content (AvgIpc) is 3.82. The van der Waals surface area contributed by atoms with Crippen molar-refractivity contribution in [1.82, 2.24) is 30.4 Å². The molecule has 1 saturated carbocycles. The highest BCUT2D eigenvalue weighted by atomic mass is 19.3. The van der Waals surface area contributed by atoms with E-state index in [1.807, 2.05) is 18.3 Å². The summed E-state index contributed by atoms with van der Waals surface area (Å²) in [6.07, 6.45) is 5.05. The summed E-state index contributed by atoms with van der Waals surface area (Å²) in [5.74, 6) is 1.49. The minimum atomic E-state index is -2.64. The highest BCUT2D eigenvalue weighted by Crippen LogP contribution is 2.53. The van der Waals surface area contributed by atoms with Crippen LogP contribution >= 0.6 is 0 Å². The molecule has 0 radical (unpaired) electrons. The van der Waals surface area contributed by atoms with Gasteiger partial charge in [-0.1, -0.05) is 6.07 Å². The van der Waals surface area contributed by atoms with E-state index >= 15 is 0 Å². The number of halogens is 2. The van der Waals surface area contributed by atoms with E-state index in [-0.39, 0.29) is 12.1 Å². The van der Waals surface area contributed by atoms with Gasteiger partial charge in [-0.3, -0.25) is 5.10 Å². The first kappa shape index (κ1) is 31.6. The second-order valence-corrected chi connectivity index (χ2v) is 14.2. The molecule has 0 amide bonds. The first-order valence-corrected chi connectivity index (χ1v) is 17.5. The molecule has 10 nitrogen and oxygen atoms in total. The van der Waals surface area contributed by atoms with Gasteiger partial charge in [-0.15, -0.1) is 0 Å². The molecule has 1 spiro atoms. The van der Waals surface area contributed by atoms with Crippen molar-refractivity contribution in [2.24, 2.45) is 5.41 Å². The third-order valence-electron chi connectivity index (χ3n) is 10.9. The molecule has 2 aromatic carbocycles. The Hall–Kier alpha value is -3.61. The number of alkyl halides is 2. The number of anilines is 1. The maximum atomic E-state index is 14.0. The molecule has 4 fully saturated rings.